The molecule has 1 nitrogen and oxygen atoms in total. The topological polar surface area (TPSA) is 26.0 Å². The van der Waals surface area contributed by atoms with E-state index >= 15 is 0 Å². The standard InChI is InChI=1S/C15H23NS/c1-12-7-6-8-13(11-12)17-15-10-5-3-2-4-9-14(15)16/h6-8,11,14-15H,2-5,9-10,16H2,1H3. The van der Waals surface area contributed by atoms with Gasteiger partial charge in [-0.05, 0) is 31.9 Å². The molecular formula is C15H23NS. The molecule has 2 rings (SSSR count). The van der Waals surface area contributed by atoms with E-state index in [0.29, 0.717) is 11.3 Å². The van der Waals surface area contributed by atoms with Crippen LogP contribution < -0.4 is 5.73 Å². The molecule has 1 fully saturated rings. The summed E-state index contributed by atoms with van der Waals surface area (Å²) in [6.45, 7) is 2.15. The fourth-order valence-corrected chi connectivity index (χ4v) is 3.84. The lowest BCUT2D eigenvalue weighted by molar-refractivity contribution is 0.463. The van der Waals surface area contributed by atoms with Crippen LogP contribution in [0.15, 0.2) is 29.2 Å². The highest BCUT2D eigenvalue weighted by Crippen LogP contribution is 2.32. The second kappa shape index (κ2) is 6.46. The molecule has 1 aliphatic carbocycles. The van der Waals surface area contributed by atoms with Crippen molar-refractivity contribution < 1.29 is 0 Å². The number of hydrogen-bond donors (Lipinski definition) is 1. The van der Waals surface area contributed by atoms with Crippen LogP contribution in [0.4, 0.5) is 0 Å². The van der Waals surface area contributed by atoms with Crippen LogP contribution in [-0.2, 0) is 0 Å². The second-order valence-corrected chi connectivity index (χ2v) is 6.44. The summed E-state index contributed by atoms with van der Waals surface area (Å²) in [5, 5.41) is 0.608. The van der Waals surface area contributed by atoms with E-state index in [9.17, 15) is 0 Å². The van der Waals surface area contributed by atoms with Crippen molar-refractivity contribution in [1.82, 2.24) is 0 Å². The normalized spacial score (nSPS) is 26.2. The summed E-state index contributed by atoms with van der Waals surface area (Å²) in [5.41, 5.74) is 7.66. The second-order valence-electron chi connectivity index (χ2n) is 5.13. The van der Waals surface area contributed by atoms with Crippen LogP contribution in [0.3, 0.4) is 0 Å². The van der Waals surface area contributed by atoms with Gasteiger partial charge in [0.25, 0.3) is 0 Å². The molecule has 0 amide bonds. The minimum absolute atomic E-state index is 0.376. The highest BCUT2D eigenvalue weighted by atomic mass is 32.2. The van der Waals surface area contributed by atoms with Crippen LogP contribution in [0.1, 0.15) is 44.1 Å². The smallest absolute Gasteiger partial charge is 0.0246 e. The highest BCUT2D eigenvalue weighted by molar-refractivity contribution is 8.00. The molecule has 1 saturated carbocycles. The molecule has 2 unspecified atom stereocenters. The van der Waals surface area contributed by atoms with Crippen LogP contribution in [0.5, 0.6) is 0 Å². The lowest BCUT2D eigenvalue weighted by Gasteiger charge is -2.25. The summed E-state index contributed by atoms with van der Waals surface area (Å²) in [7, 11) is 0. The first-order valence-electron chi connectivity index (χ1n) is 6.74. The fraction of sp³-hybridized carbons (Fsp3) is 0.600. The van der Waals surface area contributed by atoms with E-state index in [2.05, 4.69) is 31.2 Å². The molecule has 2 N–H and O–H groups in total. The largest absolute Gasteiger partial charge is 0.327 e. The maximum atomic E-state index is 6.31. The third kappa shape index (κ3) is 4.04. The van der Waals surface area contributed by atoms with Crippen molar-refractivity contribution in [2.75, 3.05) is 0 Å². The predicted molar refractivity (Wildman–Crippen MR) is 76.5 cm³/mol. The van der Waals surface area contributed by atoms with Gasteiger partial charge in [0.05, 0.1) is 0 Å². The molecule has 2 heteroatoms. The van der Waals surface area contributed by atoms with Gasteiger partial charge in [-0.3, -0.25) is 0 Å². The quantitative estimate of drug-likeness (QED) is 0.852. The Morgan fingerprint density at radius 1 is 1.12 bits per heavy atom. The average Bonchev–Trinajstić information content (AvgIpc) is 2.29. The molecule has 94 valence electrons. The third-order valence-electron chi connectivity index (χ3n) is 3.53. The summed E-state index contributed by atoms with van der Waals surface area (Å²) >= 11 is 1.98. The van der Waals surface area contributed by atoms with Gasteiger partial charge in [-0.25, -0.2) is 0 Å². The summed E-state index contributed by atoms with van der Waals surface area (Å²) in [5.74, 6) is 0. The van der Waals surface area contributed by atoms with E-state index < -0.39 is 0 Å². The first-order valence-corrected chi connectivity index (χ1v) is 7.62. The summed E-state index contributed by atoms with van der Waals surface area (Å²) < 4.78 is 0. The Balaban J connectivity index is 1.99. The van der Waals surface area contributed by atoms with Crippen molar-refractivity contribution >= 4 is 11.8 Å². The molecule has 0 heterocycles. The lowest BCUT2D eigenvalue weighted by atomic mass is 9.97. The minimum Gasteiger partial charge on any atom is -0.327 e. The monoisotopic (exact) mass is 249 g/mol. The first-order chi connectivity index (χ1) is 8.25. The van der Waals surface area contributed by atoms with Crippen molar-refractivity contribution in [3.8, 4) is 0 Å². The molecule has 0 saturated heterocycles. The van der Waals surface area contributed by atoms with Crippen LogP contribution in [0.2, 0.25) is 0 Å². The molecule has 17 heavy (non-hydrogen) atoms. The molecule has 0 aromatic heterocycles. The molecule has 1 aromatic carbocycles. The summed E-state index contributed by atoms with van der Waals surface area (Å²) in [6.07, 6.45) is 7.89. The molecule has 2 atom stereocenters. The first kappa shape index (κ1) is 13.0. The van der Waals surface area contributed by atoms with Gasteiger partial charge in [0.2, 0.25) is 0 Å². The van der Waals surface area contributed by atoms with Gasteiger partial charge < -0.3 is 5.73 Å². The zero-order valence-corrected chi connectivity index (χ0v) is 11.5. The predicted octanol–water partition coefficient (Wildman–Crippen LogP) is 4.14. The molecule has 0 radical (unpaired) electrons. The van der Waals surface area contributed by atoms with E-state index in [-0.39, 0.29) is 0 Å². The SMILES string of the molecule is Cc1cccc(SC2CCCCCCC2N)c1. The Bertz CT molecular complexity index is 351. The van der Waals surface area contributed by atoms with E-state index in [1.54, 1.807) is 0 Å². The molecule has 0 aliphatic heterocycles. The van der Waals surface area contributed by atoms with Crippen molar-refractivity contribution in [3.63, 3.8) is 0 Å². The van der Waals surface area contributed by atoms with Crippen LogP contribution in [-0.4, -0.2) is 11.3 Å². The van der Waals surface area contributed by atoms with E-state index in [4.69, 9.17) is 5.73 Å². The molecule has 0 spiro atoms. The number of rotatable bonds is 2. The Morgan fingerprint density at radius 2 is 1.88 bits per heavy atom. The number of nitrogens with two attached hydrogens (primary N) is 1. The van der Waals surface area contributed by atoms with Gasteiger partial charge in [-0.2, -0.15) is 0 Å². The van der Waals surface area contributed by atoms with Crippen molar-refractivity contribution in [3.05, 3.63) is 29.8 Å². The van der Waals surface area contributed by atoms with E-state index in [0.717, 1.165) is 0 Å². The summed E-state index contributed by atoms with van der Waals surface area (Å²) in [4.78, 5) is 1.38. The Hall–Kier alpha value is -0.470. The fourth-order valence-electron chi connectivity index (χ4n) is 2.49. The van der Waals surface area contributed by atoms with Gasteiger partial charge in [0, 0.05) is 16.2 Å². The van der Waals surface area contributed by atoms with Crippen molar-refractivity contribution in [2.24, 2.45) is 5.73 Å². The van der Waals surface area contributed by atoms with Gasteiger partial charge in [-0.1, -0.05) is 43.4 Å². The van der Waals surface area contributed by atoms with Gasteiger partial charge in [-0.15, -0.1) is 11.8 Å². The lowest BCUT2D eigenvalue weighted by Crippen LogP contribution is -2.33. The molecule has 0 bridgehead atoms. The molecule has 1 aromatic rings. The zero-order valence-electron chi connectivity index (χ0n) is 10.7. The van der Waals surface area contributed by atoms with Gasteiger partial charge in [0.1, 0.15) is 0 Å². The van der Waals surface area contributed by atoms with Crippen LogP contribution in [0.25, 0.3) is 0 Å². The van der Waals surface area contributed by atoms with Crippen LogP contribution >= 0.6 is 11.8 Å². The van der Waals surface area contributed by atoms with E-state index in [1.165, 1.54) is 49.0 Å². The average molecular weight is 249 g/mol. The number of thioether (sulfide) groups is 1. The van der Waals surface area contributed by atoms with Crippen LogP contribution in [0, 0.1) is 6.92 Å². The maximum Gasteiger partial charge on any atom is 0.0246 e. The molecular weight excluding hydrogens is 226 g/mol. The molecule has 1 aliphatic rings. The van der Waals surface area contributed by atoms with Crippen molar-refractivity contribution in [2.45, 2.75) is 61.6 Å². The van der Waals surface area contributed by atoms with Gasteiger partial charge >= 0.3 is 0 Å². The Morgan fingerprint density at radius 3 is 2.65 bits per heavy atom. The highest BCUT2D eigenvalue weighted by Gasteiger charge is 2.20. The third-order valence-corrected chi connectivity index (χ3v) is 4.94. The number of aryl methyl sites for hydroxylation is 1. The Labute approximate surface area is 109 Å². The number of hydrogen-bond acceptors (Lipinski definition) is 2. The minimum atomic E-state index is 0.376. The van der Waals surface area contributed by atoms with Gasteiger partial charge in [0.15, 0.2) is 0 Å². The van der Waals surface area contributed by atoms with E-state index in [1.807, 2.05) is 11.8 Å². The Kier molecular flexibility index (Phi) is 4.93. The van der Waals surface area contributed by atoms with Crippen molar-refractivity contribution in [1.29, 1.82) is 0 Å². The number of benzene rings is 1. The summed E-state index contributed by atoms with van der Waals surface area (Å²) in [6, 6.07) is 9.16. The maximum absolute atomic E-state index is 6.31. The zero-order chi connectivity index (χ0) is 12.1.